The number of nitrogens with zero attached hydrogens (tertiary/aromatic N) is 1. The molecular weight excluding hydrogens is 330 g/mol. The Kier molecular flexibility index (Phi) is 5.89. The summed E-state index contributed by atoms with van der Waals surface area (Å²) in [6.45, 7) is 6.90. The Morgan fingerprint density at radius 1 is 1.53 bits per heavy atom. The predicted molar refractivity (Wildman–Crippen MR) is 83.0 cm³/mol. The first kappa shape index (κ1) is 16.5. The Morgan fingerprint density at radius 2 is 2.16 bits per heavy atom. The van der Waals surface area contributed by atoms with Crippen molar-refractivity contribution < 1.29 is 4.79 Å². The van der Waals surface area contributed by atoms with Gasteiger partial charge in [0.1, 0.15) is 5.69 Å². The molecule has 0 radical (unpaired) electrons. The van der Waals surface area contributed by atoms with Crippen molar-refractivity contribution in [1.82, 2.24) is 15.2 Å². The van der Waals surface area contributed by atoms with E-state index < -0.39 is 0 Å². The van der Waals surface area contributed by atoms with Gasteiger partial charge in [-0.15, -0.1) is 12.4 Å². The van der Waals surface area contributed by atoms with Gasteiger partial charge in [-0.2, -0.15) is 0 Å². The molecule has 1 aliphatic rings. The normalized spacial score (nSPS) is 17.6. The molecule has 0 aliphatic carbocycles. The SMILES string of the molecule is CCn1cc(Br)cc1C(=O)NC1(C)CCNCC1.Cl. The first-order valence-electron chi connectivity index (χ1n) is 6.43. The van der Waals surface area contributed by atoms with E-state index in [0.29, 0.717) is 0 Å². The van der Waals surface area contributed by atoms with Crippen LogP contribution in [0.5, 0.6) is 0 Å². The average Bonchev–Trinajstić information content (AvgIpc) is 2.71. The Balaban J connectivity index is 0.00000180. The molecule has 6 heteroatoms. The van der Waals surface area contributed by atoms with Crippen molar-refractivity contribution >= 4 is 34.2 Å². The minimum absolute atomic E-state index is 0. The number of carbonyl (C=O) groups is 1. The topological polar surface area (TPSA) is 46.1 Å². The molecule has 0 aromatic carbocycles. The smallest absolute Gasteiger partial charge is 0.268 e. The Bertz CT molecular complexity index is 441. The van der Waals surface area contributed by atoms with Gasteiger partial charge in [0.15, 0.2) is 0 Å². The molecule has 1 saturated heterocycles. The van der Waals surface area contributed by atoms with Crippen molar-refractivity contribution in [3.05, 3.63) is 22.4 Å². The molecule has 4 nitrogen and oxygen atoms in total. The van der Waals surface area contributed by atoms with Crippen molar-refractivity contribution in [3.63, 3.8) is 0 Å². The van der Waals surface area contributed by atoms with Crippen LogP contribution in [0.15, 0.2) is 16.7 Å². The van der Waals surface area contributed by atoms with Crippen LogP contribution in [-0.2, 0) is 6.54 Å². The van der Waals surface area contributed by atoms with Gasteiger partial charge in [0.25, 0.3) is 5.91 Å². The van der Waals surface area contributed by atoms with E-state index in [4.69, 9.17) is 0 Å². The highest BCUT2D eigenvalue weighted by atomic mass is 79.9. The van der Waals surface area contributed by atoms with Gasteiger partial charge in [-0.1, -0.05) is 0 Å². The highest BCUT2D eigenvalue weighted by Gasteiger charge is 2.29. The molecule has 2 N–H and O–H groups in total. The van der Waals surface area contributed by atoms with Gasteiger partial charge in [-0.3, -0.25) is 4.79 Å². The van der Waals surface area contributed by atoms with Crippen LogP contribution < -0.4 is 10.6 Å². The van der Waals surface area contributed by atoms with Gasteiger partial charge in [0, 0.05) is 22.8 Å². The highest BCUT2D eigenvalue weighted by molar-refractivity contribution is 9.10. The maximum absolute atomic E-state index is 12.3. The van der Waals surface area contributed by atoms with Crippen molar-refractivity contribution in [2.24, 2.45) is 0 Å². The summed E-state index contributed by atoms with van der Waals surface area (Å²) in [6, 6.07) is 1.88. The summed E-state index contributed by atoms with van der Waals surface area (Å²) in [4.78, 5) is 12.3. The number of aromatic nitrogens is 1. The number of nitrogens with one attached hydrogen (secondary N) is 2. The lowest BCUT2D eigenvalue weighted by Crippen LogP contribution is -2.52. The molecule has 0 spiro atoms. The minimum Gasteiger partial charge on any atom is -0.346 e. The number of carbonyl (C=O) groups excluding carboxylic acids is 1. The van der Waals surface area contributed by atoms with Gasteiger partial charge in [0.05, 0.1) is 0 Å². The van der Waals surface area contributed by atoms with Crippen molar-refractivity contribution in [2.75, 3.05) is 13.1 Å². The highest BCUT2D eigenvalue weighted by Crippen LogP contribution is 2.20. The van der Waals surface area contributed by atoms with E-state index in [1.165, 1.54) is 0 Å². The maximum Gasteiger partial charge on any atom is 0.268 e. The van der Waals surface area contributed by atoms with Crippen LogP contribution in [0.1, 0.15) is 37.2 Å². The van der Waals surface area contributed by atoms with E-state index in [2.05, 4.69) is 33.5 Å². The van der Waals surface area contributed by atoms with Crippen LogP contribution in [0.3, 0.4) is 0 Å². The molecule has 19 heavy (non-hydrogen) atoms. The quantitative estimate of drug-likeness (QED) is 0.880. The van der Waals surface area contributed by atoms with Gasteiger partial charge in [-0.05, 0) is 61.8 Å². The Hall–Kier alpha value is -0.520. The standard InChI is InChI=1S/C13H20BrN3O.ClH/c1-3-17-9-10(14)8-11(17)12(18)16-13(2)4-6-15-7-5-13;/h8-9,15H,3-7H2,1-2H3,(H,16,18);1H. The zero-order chi connectivity index (χ0) is 13.2. The third-order valence-electron chi connectivity index (χ3n) is 3.56. The first-order valence-corrected chi connectivity index (χ1v) is 7.22. The monoisotopic (exact) mass is 349 g/mol. The number of hydrogen-bond donors (Lipinski definition) is 2. The molecule has 1 amide bonds. The van der Waals surface area contributed by atoms with Gasteiger partial charge in [0.2, 0.25) is 0 Å². The molecule has 0 saturated carbocycles. The van der Waals surface area contributed by atoms with Crippen LogP contribution in [-0.4, -0.2) is 29.1 Å². The molecule has 1 fully saturated rings. The maximum atomic E-state index is 12.3. The molecule has 2 rings (SSSR count). The largest absolute Gasteiger partial charge is 0.346 e. The fraction of sp³-hybridized carbons (Fsp3) is 0.615. The van der Waals surface area contributed by atoms with Crippen molar-refractivity contribution in [1.29, 1.82) is 0 Å². The van der Waals surface area contributed by atoms with Crippen LogP contribution in [0.4, 0.5) is 0 Å². The van der Waals surface area contributed by atoms with Crippen LogP contribution >= 0.6 is 28.3 Å². The number of aryl methyl sites for hydroxylation is 1. The lowest BCUT2D eigenvalue weighted by atomic mass is 9.90. The van der Waals surface area contributed by atoms with E-state index in [1.807, 2.05) is 23.8 Å². The molecule has 1 aromatic rings. The van der Waals surface area contributed by atoms with Crippen molar-refractivity contribution in [3.8, 4) is 0 Å². The van der Waals surface area contributed by atoms with Gasteiger partial charge < -0.3 is 15.2 Å². The lowest BCUT2D eigenvalue weighted by Gasteiger charge is -2.35. The van der Waals surface area contributed by atoms with Crippen molar-refractivity contribution in [2.45, 2.75) is 38.8 Å². The Morgan fingerprint density at radius 3 is 2.74 bits per heavy atom. The predicted octanol–water partition coefficient (Wildman–Crippen LogP) is 2.56. The number of piperidine rings is 1. The summed E-state index contributed by atoms with van der Waals surface area (Å²) >= 11 is 3.42. The van der Waals surface area contributed by atoms with E-state index in [1.54, 1.807) is 0 Å². The van der Waals surface area contributed by atoms with E-state index in [0.717, 1.165) is 42.6 Å². The number of rotatable bonds is 3. The molecule has 0 atom stereocenters. The number of amides is 1. The van der Waals surface area contributed by atoms with Gasteiger partial charge in [-0.25, -0.2) is 0 Å². The second-order valence-corrected chi connectivity index (χ2v) is 6.01. The summed E-state index contributed by atoms with van der Waals surface area (Å²) < 4.78 is 2.91. The zero-order valence-electron chi connectivity index (χ0n) is 11.3. The van der Waals surface area contributed by atoms with Gasteiger partial charge >= 0.3 is 0 Å². The third-order valence-corrected chi connectivity index (χ3v) is 3.99. The first-order chi connectivity index (χ1) is 8.54. The van der Waals surface area contributed by atoms with E-state index >= 15 is 0 Å². The summed E-state index contributed by atoms with van der Waals surface area (Å²) in [7, 11) is 0. The average molecular weight is 351 g/mol. The fourth-order valence-electron chi connectivity index (χ4n) is 2.37. The molecule has 0 unspecified atom stereocenters. The molecular formula is C13H21BrClN3O. The fourth-order valence-corrected chi connectivity index (χ4v) is 2.83. The Labute approximate surface area is 128 Å². The molecule has 1 aliphatic heterocycles. The van der Waals surface area contributed by atoms with Crippen LogP contribution in [0.2, 0.25) is 0 Å². The third kappa shape index (κ3) is 3.97. The summed E-state index contributed by atoms with van der Waals surface area (Å²) in [5, 5.41) is 6.49. The summed E-state index contributed by atoms with van der Waals surface area (Å²) in [5.74, 6) is 0.0203. The number of halogens is 2. The minimum atomic E-state index is -0.0857. The molecule has 108 valence electrons. The molecule has 2 heterocycles. The lowest BCUT2D eigenvalue weighted by molar-refractivity contribution is 0.0878. The molecule has 1 aromatic heterocycles. The number of hydrogen-bond acceptors (Lipinski definition) is 2. The summed E-state index contributed by atoms with van der Waals surface area (Å²) in [5.41, 5.74) is 0.640. The second-order valence-electron chi connectivity index (χ2n) is 5.09. The van der Waals surface area contributed by atoms with E-state index in [9.17, 15) is 4.79 Å². The second kappa shape index (κ2) is 6.77. The zero-order valence-corrected chi connectivity index (χ0v) is 13.7. The van der Waals surface area contributed by atoms with Crippen LogP contribution in [0, 0.1) is 0 Å². The summed E-state index contributed by atoms with van der Waals surface area (Å²) in [6.07, 6.45) is 3.90. The van der Waals surface area contributed by atoms with E-state index in [-0.39, 0.29) is 23.9 Å². The van der Waals surface area contributed by atoms with Crippen LogP contribution in [0.25, 0.3) is 0 Å². The molecule has 0 bridgehead atoms.